The topological polar surface area (TPSA) is 400 Å². The number of hydrogen-bond acceptors (Lipinski definition) is 13. The van der Waals surface area contributed by atoms with E-state index in [1.54, 1.807) is 39.8 Å². The number of phenols is 1. The Kier molecular flexibility index (Phi) is 22.6. The maximum absolute atomic E-state index is 13.7. The molecule has 0 bridgehead atoms. The number of amides is 11. The van der Waals surface area contributed by atoms with E-state index in [9.17, 15) is 57.8 Å². The fourth-order valence-electron chi connectivity index (χ4n) is 5.68. The number of primary amides is 3. The first-order valence-corrected chi connectivity index (χ1v) is 19.6. The summed E-state index contributed by atoms with van der Waals surface area (Å²) in [6.45, 7) is 4.92. The molecule has 0 heterocycles. The van der Waals surface area contributed by atoms with Crippen LogP contribution in [0.2, 0.25) is 0 Å². The van der Waals surface area contributed by atoms with Crippen LogP contribution in [0.5, 0.6) is 5.75 Å². The van der Waals surface area contributed by atoms with Gasteiger partial charge in [0, 0.05) is 20.0 Å². The first-order chi connectivity index (χ1) is 29.0. The van der Waals surface area contributed by atoms with Gasteiger partial charge in [-0.05, 0) is 42.4 Å². The number of hydrogen-bond donors (Lipinski definition) is 12. The molecule has 0 aromatic heterocycles. The van der Waals surface area contributed by atoms with E-state index >= 15 is 0 Å². The summed E-state index contributed by atoms with van der Waals surface area (Å²) in [6.07, 6.45) is -1.04. The van der Waals surface area contributed by atoms with Crippen LogP contribution in [0.25, 0.3) is 0 Å². The third-order valence-corrected chi connectivity index (χ3v) is 9.35. The van der Waals surface area contributed by atoms with Gasteiger partial charge in [0.2, 0.25) is 65.5 Å². The third-order valence-electron chi connectivity index (χ3n) is 9.35. The molecule has 344 valence electrons. The van der Waals surface area contributed by atoms with Crippen LogP contribution in [0.4, 0.5) is 0 Å². The van der Waals surface area contributed by atoms with Crippen LogP contribution < -0.4 is 60.2 Å². The Hall–Kier alpha value is -6.85. The quantitative estimate of drug-likeness (QED) is 0.0350. The Morgan fingerprint density at radius 2 is 1.31 bits per heavy atom. The highest BCUT2D eigenvalue weighted by Gasteiger charge is 2.35. The van der Waals surface area contributed by atoms with Crippen molar-refractivity contribution >= 4 is 65.5 Å². The number of rotatable bonds is 28. The number of carbonyl (C=O) groups is 11. The average Bonchev–Trinajstić information content (AvgIpc) is 3.20. The molecule has 0 radical (unpaired) electrons. The molecule has 7 atom stereocenters. The molecule has 0 saturated heterocycles. The van der Waals surface area contributed by atoms with E-state index in [1.165, 1.54) is 19.2 Å². The van der Waals surface area contributed by atoms with E-state index < -0.39 is 146 Å². The van der Waals surface area contributed by atoms with Crippen molar-refractivity contribution in [2.24, 2.45) is 34.8 Å². The molecule has 0 spiro atoms. The zero-order chi connectivity index (χ0) is 47.3. The van der Waals surface area contributed by atoms with Gasteiger partial charge in [0.15, 0.2) is 0 Å². The molecule has 1 rings (SSSR count). The lowest BCUT2D eigenvalue weighted by atomic mass is 9.96. The van der Waals surface area contributed by atoms with Crippen molar-refractivity contribution in [3.8, 4) is 5.75 Å². The predicted molar refractivity (Wildman–Crippen MR) is 220 cm³/mol. The summed E-state index contributed by atoms with van der Waals surface area (Å²) in [4.78, 5) is 140. The maximum Gasteiger partial charge on any atom is 0.247 e. The van der Waals surface area contributed by atoms with Gasteiger partial charge in [-0.2, -0.15) is 0 Å². The van der Waals surface area contributed by atoms with Gasteiger partial charge in [-0.25, -0.2) is 0 Å². The van der Waals surface area contributed by atoms with E-state index in [1.807, 2.05) is 0 Å². The summed E-state index contributed by atoms with van der Waals surface area (Å²) in [6, 6.07) is -2.53. The van der Waals surface area contributed by atoms with Crippen molar-refractivity contribution < 1.29 is 57.8 Å². The highest BCUT2D eigenvalue weighted by Crippen LogP contribution is 2.13. The number of nitrogens with zero attached hydrogens (tertiary/aromatic N) is 1. The molecular weight excluding hydrogens is 816 g/mol. The van der Waals surface area contributed by atoms with Crippen molar-refractivity contribution in [2.45, 2.75) is 96.1 Å². The summed E-state index contributed by atoms with van der Waals surface area (Å²) >= 11 is 0. The first-order valence-electron chi connectivity index (χ1n) is 19.6. The molecule has 24 heteroatoms. The lowest BCUT2D eigenvalue weighted by molar-refractivity contribution is -0.140. The van der Waals surface area contributed by atoms with E-state index in [-0.39, 0.29) is 18.6 Å². The molecule has 16 N–H and O–H groups in total. The first kappa shape index (κ1) is 53.2. The maximum atomic E-state index is 13.7. The minimum absolute atomic E-state index is 0.0108. The standard InChI is InChI=1S/C38H60N12O12/c1-6-20(4)32(49-33(57)23(39)13-21-7-9-22(52)10-8-21)37(61)45-24(11-12-27(40)53)34(58)46-25(14-28(41)54)35(59)47-26(15-43-18-51)38(62)50(5)17-30(56)48-31(19(2)3)36(60)44-16-29(42)55/h7-10,18-20,23-26,31-32,52H,6,11-17,39H2,1-5H3,(H2,40,53)(H2,41,54)(H2,42,55)(H,43,51)(H,44,60)(H,45,61)(H,46,58)(H,47,59)(H,48,56)(H,49,57)/t20-,23-,24-,25-,26-,31-,32-/m0/s1. The van der Waals surface area contributed by atoms with Gasteiger partial charge in [-0.3, -0.25) is 52.7 Å². The summed E-state index contributed by atoms with van der Waals surface area (Å²) in [5, 5.41) is 26.1. The van der Waals surface area contributed by atoms with Crippen LogP contribution in [0, 0.1) is 11.8 Å². The van der Waals surface area contributed by atoms with Crippen molar-refractivity contribution in [1.82, 2.24) is 42.1 Å². The van der Waals surface area contributed by atoms with Crippen LogP contribution in [0.3, 0.4) is 0 Å². The summed E-state index contributed by atoms with van der Waals surface area (Å²) in [5.41, 5.74) is 22.5. The third kappa shape index (κ3) is 19.0. The van der Waals surface area contributed by atoms with E-state index in [0.717, 1.165) is 4.90 Å². The number of nitrogens with one attached hydrogen (secondary N) is 7. The van der Waals surface area contributed by atoms with Gasteiger partial charge in [0.1, 0.15) is 36.0 Å². The lowest BCUT2D eigenvalue weighted by Crippen LogP contribution is -2.61. The van der Waals surface area contributed by atoms with Crippen molar-refractivity contribution in [3.05, 3.63) is 29.8 Å². The van der Waals surface area contributed by atoms with Crippen LogP contribution in [-0.4, -0.2) is 138 Å². The molecule has 1 aromatic carbocycles. The molecule has 0 aliphatic rings. The lowest BCUT2D eigenvalue weighted by Gasteiger charge is -2.29. The van der Waals surface area contributed by atoms with Gasteiger partial charge < -0.3 is 70.2 Å². The molecule has 0 fully saturated rings. The van der Waals surface area contributed by atoms with Gasteiger partial charge >= 0.3 is 0 Å². The molecule has 0 unspecified atom stereocenters. The Labute approximate surface area is 358 Å². The second-order valence-electron chi connectivity index (χ2n) is 14.9. The average molecular weight is 877 g/mol. The summed E-state index contributed by atoms with van der Waals surface area (Å²) in [7, 11) is 1.17. The van der Waals surface area contributed by atoms with Crippen molar-refractivity contribution in [3.63, 3.8) is 0 Å². The number of phenolic OH excluding ortho intramolecular Hbond substituents is 1. The predicted octanol–water partition coefficient (Wildman–Crippen LogP) is -5.67. The van der Waals surface area contributed by atoms with Gasteiger partial charge in [0.25, 0.3) is 0 Å². The molecule has 1 aromatic rings. The molecule has 62 heavy (non-hydrogen) atoms. The van der Waals surface area contributed by atoms with Gasteiger partial charge in [-0.15, -0.1) is 0 Å². The Balaban J connectivity index is 3.26. The number of likely N-dealkylation sites (N-methyl/N-ethyl adjacent to an activating group) is 1. The molecule has 24 nitrogen and oxygen atoms in total. The normalized spacial score (nSPS) is 14.2. The minimum Gasteiger partial charge on any atom is -0.508 e. The SMILES string of the molecule is CC[C@H](C)[C@H](NC(=O)[C@@H](N)Cc1ccc(O)cc1)C(=O)N[C@@H](CCC(N)=O)C(=O)N[C@@H](CC(N)=O)C(=O)N[C@@H](CNC=O)C(=O)N(C)CC(=O)N[C@H](C(=O)NCC(N)=O)C(C)C. The molecule has 11 amide bonds. The molecule has 0 aliphatic heterocycles. The molecule has 0 saturated carbocycles. The summed E-state index contributed by atoms with van der Waals surface area (Å²) in [5.74, 6) is -10.1. The zero-order valence-electron chi connectivity index (χ0n) is 35.4. The van der Waals surface area contributed by atoms with Crippen LogP contribution in [-0.2, 0) is 59.2 Å². The van der Waals surface area contributed by atoms with Gasteiger partial charge in [-0.1, -0.05) is 46.2 Å². The zero-order valence-corrected chi connectivity index (χ0v) is 35.4. The fraction of sp³-hybridized carbons (Fsp3) is 0.553. The monoisotopic (exact) mass is 876 g/mol. The fourth-order valence-corrected chi connectivity index (χ4v) is 5.68. The number of nitrogens with two attached hydrogens (primary N) is 4. The number of carbonyl (C=O) groups excluding carboxylic acids is 11. The second kappa shape index (κ2) is 26.4. The van der Waals surface area contributed by atoms with Gasteiger partial charge in [0.05, 0.1) is 25.6 Å². The van der Waals surface area contributed by atoms with E-state index in [4.69, 9.17) is 22.9 Å². The minimum atomic E-state index is -1.80. The number of aromatic hydroxyl groups is 1. The Morgan fingerprint density at radius 3 is 1.84 bits per heavy atom. The second-order valence-corrected chi connectivity index (χ2v) is 14.9. The van der Waals surface area contributed by atoms with Crippen LogP contribution in [0.1, 0.15) is 58.9 Å². The van der Waals surface area contributed by atoms with Crippen molar-refractivity contribution in [2.75, 3.05) is 26.7 Å². The summed E-state index contributed by atoms with van der Waals surface area (Å²) < 4.78 is 0. The van der Waals surface area contributed by atoms with E-state index in [2.05, 4.69) is 37.2 Å². The number of benzene rings is 1. The van der Waals surface area contributed by atoms with Crippen molar-refractivity contribution in [1.29, 1.82) is 0 Å². The highest BCUT2D eigenvalue weighted by atomic mass is 16.3. The Bertz CT molecular complexity index is 1780. The largest absolute Gasteiger partial charge is 0.508 e. The molecule has 0 aliphatic carbocycles. The van der Waals surface area contributed by atoms with E-state index in [0.29, 0.717) is 12.0 Å². The van der Waals surface area contributed by atoms with Crippen LogP contribution in [0.15, 0.2) is 24.3 Å². The highest BCUT2D eigenvalue weighted by molar-refractivity contribution is 5.98. The Morgan fingerprint density at radius 1 is 0.726 bits per heavy atom. The molecular formula is C38H60N12O12. The smallest absolute Gasteiger partial charge is 0.247 e. The van der Waals surface area contributed by atoms with Crippen LogP contribution >= 0.6 is 0 Å².